The number of nitrogens with zero attached hydrogens (tertiary/aromatic N) is 2. The van der Waals surface area contributed by atoms with Gasteiger partial charge in [-0.25, -0.2) is 0 Å². The molecular weight excluding hydrogens is 160 g/mol. The van der Waals surface area contributed by atoms with Crippen molar-refractivity contribution in [3.05, 3.63) is 17.5 Å². The van der Waals surface area contributed by atoms with Gasteiger partial charge in [0.25, 0.3) is 0 Å². The van der Waals surface area contributed by atoms with Gasteiger partial charge in [0.05, 0.1) is 11.7 Å². The van der Waals surface area contributed by atoms with Gasteiger partial charge in [0.2, 0.25) is 0 Å². The minimum atomic E-state index is 0.0945. The van der Waals surface area contributed by atoms with Gasteiger partial charge in [0.1, 0.15) is 0 Å². The van der Waals surface area contributed by atoms with Gasteiger partial charge < -0.3 is 0 Å². The third kappa shape index (κ3) is 1.93. The van der Waals surface area contributed by atoms with Gasteiger partial charge in [-0.2, -0.15) is 5.10 Å². The third-order valence-corrected chi connectivity index (χ3v) is 2.31. The van der Waals surface area contributed by atoms with Crippen LogP contribution in [-0.4, -0.2) is 9.78 Å². The van der Waals surface area contributed by atoms with Crippen molar-refractivity contribution in [1.82, 2.24) is 9.78 Å². The lowest BCUT2D eigenvalue weighted by Gasteiger charge is -2.21. The first-order chi connectivity index (χ1) is 5.84. The maximum absolute atomic E-state index is 4.42. The van der Waals surface area contributed by atoms with Gasteiger partial charge in [0.15, 0.2) is 0 Å². The molecule has 0 aromatic carbocycles. The zero-order chi connectivity index (χ0) is 10.2. The first kappa shape index (κ1) is 10.3. The minimum Gasteiger partial charge on any atom is -0.264 e. The van der Waals surface area contributed by atoms with Crippen LogP contribution in [0.25, 0.3) is 0 Å². The summed E-state index contributed by atoms with van der Waals surface area (Å²) < 4.78 is 2.10. The SMILES string of the molecule is Cc1c(C(C)C)cnn1C(C)(C)C. The van der Waals surface area contributed by atoms with Crippen LogP contribution in [-0.2, 0) is 5.54 Å². The lowest BCUT2D eigenvalue weighted by molar-refractivity contribution is 0.347. The highest BCUT2D eigenvalue weighted by Crippen LogP contribution is 2.23. The molecule has 0 N–H and O–H groups in total. The Balaban J connectivity index is 3.14. The van der Waals surface area contributed by atoms with Gasteiger partial charge in [-0.1, -0.05) is 13.8 Å². The molecule has 0 amide bonds. The number of rotatable bonds is 1. The van der Waals surface area contributed by atoms with Gasteiger partial charge >= 0.3 is 0 Å². The highest BCUT2D eigenvalue weighted by atomic mass is 15.3. The largest absolute Gasteiger partial charge is 0.264 e. The summed E-state index contributed by atoms with van der Waals surface area (Å²) in [5.74, 6) is 0.566. The Hall–Kier alpha value is -0.790. The molecule has 0 radical (unpaired) electrons. The van der Waals surface area contributed by atoms with Crippen LogP contribution in [0.3, 0.4) is 0 Å². The van der Waals surface area contributed by atoms with Crippen LogP contribution in [0.5, 0.6) is 0 Å². The molecular formula is C11H20N2. The van der Waals surface area contributed by atoms with E-state index in [1.165, 1.54) is 11.3 Å². The maximum atomic E-state index is 4.42. The van der Waals surface area contributed by atoms with E-state index in [0.29, 0.717) is 5.92 Å². The predicted molar refractivity (Wildman–Crippen MR) is 56.0 cm³/mol. The van der Waals surface area contributed by atoms with E-state index < -0.39 is 0 Å². The van der Waals surface area contributed by atoms with Crippen LogP contribution in [0.1, 0.15) is 51.8 Å². The smallest absolute Gasteiger partial charge is 0.0546 e. The van der Waals surface area contributed by atoms with Crippen LogP contribution in [0, 0.1) is 6.92 Å². The topological polar surface area (TPSA) is 17.8 Å². The van der Waals surface area contributed by atoms with Gasteiger partial charge in [0, 0.05) is 5.69 Å². The van der Waals surface area contributed by atoms with Crippen molar-refractivity contribution in [3.63, 3.8) is 0 Å². The molecule has 2 heteroatoms. The van der Waals surface area contributed by atoms with Crippen LogP contribution >= 0.6 is 0 Å². The maximum Gasteiger partial charge on any atom is 0.0546 e. The fourth-order valence-electron chi connectivity index (χ4n) is 1.67. The van der Waals surface area contributed by atoms with Gasteiger partial charge in [-0.15, -0.1) is 0 Å². The molecule has 74 valence electrons. The molecule has 0 aliphatic carbocycles. The van der Waals surface area contributed by atoms with E-state index in [4.69, 9.17) is 0 Å². The molecule has 0 saturated carbocycles. The van der Waals surface area contributed by atoms with E-state index in [9.17, 15) is 0 Å². The summed E-state index contributed by atoms with van der Waals surface area (Å²) in [5, 5.41) is 4.42. The second-order valence-electron chi connectivity index (χ2n) is 4.92. The Kier molecular flexibility index (Phi) is 2.51. The molecule has 0 aliphatic rings. The van der Waals surface area contributed by atoms with E-state index in [1.807, 2.05) is 6.20 Å². The highest BCUT2D eigenvalue weighted by Gasteiger charge is 2.18. The van der Waals surface area contributed by atoms with Crippen molar-refractivity contribution < 1.29 is 0 Å². The van der Waals surface area contributed by atoms with E-state index in [2.05, 4.69) is 51.3 Å². The van der Waals surface area contributed by atoms with Crippen molar-refractivity contribution in [2.45, 2.75) is 53.0 Å². The predicted octanol–water partition coefficient (Wildman–Crippen LogP) is 3.07. The van der Waals surface area contributed by atoms with Gasteiger partial charge in [-0.3, -0.25) is 4.68 Å². The second kappa shape index (κ2) is 3.17. The molecule has 0 bridgehead atoms. The quantitative estimate of drug-likeness (QED) is 0.649. The Morgan fingerprint density at radius 3 is 2.08 bits per heavy atom. The molecule has 0 aliphatic heterocycles. The highest BCUT2D eigenvalue weighted by molar-refractivity contribution is 5.20. The summed E-state index contributed by atoms with van der Waals surface area (Å²) in [7, 11) is 0. The average molecular weight is 180 g/mol. The first-order valence-electron chi connectivity index (χ1n) is 4.89. The van der Waals surface area contributed by atoms with Crippen molar-refractivity contribution >= 4 is 0 Å². The summed E-state index contributed by atoms with van der Waals surface area (Å²) in [6.07, 6.45) is 1.99. The minimum absolute atomic E-state index is 0.0945. The number of aromatic nitrogens is 2. The molecule has 1 heterocycles. The molecule has 0 spiro atoms. The van der Waals surface area contributed by atoms with Gasteiger partial charge in [-0.05, 0) is 39.2 Å². The molecule has 1 rings (SSSR count). The van der Waals surface area contributed by atoms with E-state index in [-0.39, 0.29) is 5.54 Å². The monoisotopic (exact) mass is 180 g/mol. The first-order valence-corrected chi connectivity index (χ1v) is 4.89. The Bertz CT molecular complexity index is 290. The average Bonchev–Trinajstić information content (AvgIpc) is 2.28. The zero-order valence-corrected chi connectivity index (χ0v) is 9.55. The normalized spacial score (nSPS) is 12.5. The Morgan fingerprint density at radius 2 is 1.85 bits per heavy atom. The second-order valence-corrected chi connectivity index (χ2v) is 4.92. The Morgan fingerprint density at radius 1 is 1.31 bits per heavy atom. The number of hydrogen-bond donors (Lipinski definition) is 0. The van der Waals surface area contributed by atoms with Crippen molar-refractivity contribution in [2.75, 3.05) is 0 Å². The van der Waals surface area contributed by atoms with Crippen LogP contribution in [0.15, 0.2) is 6.20 Å². The van der Waals surface area contributed by atoms with E-state index in [0.717, 1.165) is 0 Å². The van der Waals surface area contributed by atoms with Crippen LogP contribution < -0.4 is 0 Å². The molecule has 1 aromatic rings. The zero-order valence-electron chi connectivity index (χ0n) is 9.55. The lowest BCUT2D eigenvalue weighted by atomic mass is 10.0. The van der Waals surface area contributed by atoms with Crippen molar-refractivity contribution in [2.24, 2.45) is 0 Å². The fraction of sp³-hybridized carbons (Fsp3) is 0.727. The summed E-state index contributed by atoms with van der Waals surface area (Å²) in [5.41, 5.74) is 2.74. The fourth-order valence-corrected chi connectivity index (χ4v) is 1.67. The number of hydrogen-bond acceptors (Lipinski definition) is 1. The van der Waals surface area contributed by atoms with Crippen molar-refractivity contribution in [1.29, 1.82) is 0 Å². The van der Waals surface area contributed by atoms with Crippen molar-refractivity contribution in [3.8, 4) is 0 Å². The summed E-state index contributed by atoms with van der Waals surface area (Å²) in [6, 6.07) is 0. The molecule has 0 unspecified atom stereocenters. The third-order valence-electron chi connectivity index (χ3n) is 2.31. The molecule has 13 heavy (non-hydrogen) atoms. The van der Waals surface area contributed by atoms with Crippen LogP contribution in [0.2, 0.25) is 0 Å². The summed E-state index contributed by atoms with van der Waals surface area (Å²) in [6.45, 7) is 13.1. The molecule has 0 atom stereocenters. The Labute approximate surface area is 81.0 Å². The molecule has 2 nitrogen and oxygen atoms in total. The van der Waals surface area contributed by atoms with Crippen LogP contribution in [0.4, 0.5) is 0 Å². The summed E-state index contributed by atoms with van der Waals surface area (Å²) >= 11 is 0. The summed E-state index contributed by atoms with van der Waals surface area (Å²) in [4.78, 5) is 0. The lowest BCUT2D eigenvalue weighted by Crippen LogP contribution is -2.24. The van der Waals surface area contributed by atoms with E-state index >= 15 is 0 Å². The van der Waals surface area contributed by atoms with E-state index in [1.54, 1.807) is 0 Å². The standard InChI is InChI=1S/C11H20N2/c1-8(2)10-7-12-13(9(10)3)11(4,5)6/h7-8H,1-6H3. The molecule has 0 fully saturated rings. The molecule has 0 saturated heterocycles. The molecule has 1 aromatic heterocycles.